The topological polar surface area (TPSA) is 26.8 Å². The van der Waals surface area contributed by atoms with E-state index in [1.807, 2.05) is 15.9 Å². The van der Waals surface area contributed by atoms with E-state index in [2.05, 4.69) is 4.90 Å². The number of piperazine rings is 1. The summed E-state index contributed by atoms with van der Waals surface area (Å²) >= 11 is 6.14. The first-order valence-corrected chi connectivity index (χ1v) is 10.8. The molecule has 0 aliphatic carbocycles. The third-order valence-electron chi connectivity index (χ3n) is 6.16. The van der Waals surface area contributed by atoms with Gasteiger partial charge in [-0.2, -0.15) is 0 Å². The molecule has 2 heterocycles. The van der Waals surface area contributed by atoms with E-state index in [0.717, 1.165) is 25.9 Å². The van der Waals surface area contributed by atoms with Crippen LogP contribution in [-0.4, -0.2) is 55.0 Å². The number of nitrogens with zero attached hydrogens (tertiary/aromatic N) is 3. The Balaban J connectivity index is 1.27. The van der Waals surface area contributed by atoms with Gasteiger partial charge in [0.1, 0.15) is 11.6 Å². The van der Waals surface area contributed by atoms with Crippen molar-refractivity contribution >= 4 is 23.2 Å². The van der Waals surface area contributed by atoms with E-state index in [0.29, 0.717) is 49.0 Å². The highest BCUT2D eigenvalue weighted by Crippen LogP contribution is 2.26. The number of benzene rings is 2. The lowest BCUT2D eigenvalue weighted by Crippen LogP contribution is -2.51. The van der Waals surface area contributed by atoms with E-state index in [1.54, 1.807) is 24.3 Å². The molecule has 160 valence electrons. The van der Waals surface area contributed by atoms with E-state index < -0.39 is 0 Å². The van der Waals surface area contributed by atoms with Crippen molar-refractivity contribution < 1.29 is 13.6 Å². The summed E-state index contributed by atoms with van der Waals surface area (Å²) in [5.41, 5.74) is 1.12. The number of carbonyl (C=O) groups is 1. The fraction of sp³-hybridized carbons (Fsp3) is 0.435. The number of carbonyl (C=O) groups excluding carboxylic acids is 1. The third-order valence-corrected chi connectivity index (χ3v) is 6.52. The Morgan fingerprint density at radius 1 is 0.900 bits per heavy atom. The highest BCUT2D eigenvalue weighted by Gasteiger charge is 2.31. The van der Waals surface area contributed by atoms with Crippen molar-refractivity contribution in [3.63, 3.8) is 0 Å². The fourth-order valence-corrected chi connectivity index (χ4v) is 4.60. The molecule has 0 spiro atoms. The number of hydrogen-bond acceptors (Lipinski definition) is 3. The number of amides is 1. The summed E-state index contributed by atoms with van der Waals surface area (Å²) < 4.78 is 28.0. The molecule has 30 heavy (non-hydrogen) atoms. The van der Waals surface area contributed by atoms with Crippen LogP contribution in [0.1, 0.15) is 18.4 Å². The van der Waals surface area contributed by atoms with Crippen LogP contribution in [0.15, 0.2) is 42.5 Å². The van der Waals surface area contributed by atoms with E-state index >= 15 is 0 Å². The number of rotatable bonds is 4. The van der Waals surface area contributed by atoms with Crippen molar-refractivity contribution in [3.05, 3.63) is 64.7 Å². The predicted octanol–water partition coefficient (Wildman–Crippen LogP) is 4.18. The minimum Gasteiger partial charge on any atom is -0.366 e. The number of hydrogen-bond donors (Lipinski definition) is 0. The van der Waals surface area contributed by atoms with Crippen LogP contribution in [0.5, 0.6) is 0 Å². The van der Waals surface area contributed by atoms with Gasteiger partial charge in [-0.3, -0.25) is 9.69 Å². The zero-order valence-corrected chi connectivity index (χ0v) is 17.6. The van der Waals surface area contributed by atoms with Gasteiger partial charge < -0.3 is 9.80 Å². The van der Waals surface area contributed by atoms with Crippen molar-refractivity contribution in [2.24, 2.45) is 5.92 Å². The second kappa shape index (κ2) is 9.31. The molecular weight excluding hydrogens is 408 g/mol. The highest BCUT2D eigenvalue weighted by atomic mass is 35.5. The van der Waals surface area contributed by atoms with Crippen molar-refractivity contribution in [1.82, 2.24) is 9.80 Å². The number of anilines is 1. The minimum absolute atomic E-state index is 0.00245. The van der Waals surface area contributed by atoms with Crippen LogP contribution < -0.4 is 4.90 Å². The Morgan fingerprint density at radius 3 is 2.23 bits per heavy atom. The molecule has 0 bridgehead atoms. The zero-order chi connectivity index (χ0) is 21.1. The Bertz CT molecular complexity index is 874. The van der Waals surface area contributed by atoms with Gasteiger partial charge in [0.15, 0.2) is 0 Å². The van der Waals surface area contributed by atoms with Gasteiger partial charge in [-0.1, -0.05) is 29.8 Å². The molecule has 2 aromatic rings. The fourth-order valence-electron chi connectivity index (χ4n) is 4.38. The van der Waals surface area contributed by atoms with Crippen LogP contribution >= 0.6 is 11.6 Å². The largest absolute Gasteiger partial charge is 0.366 e. The molecule has 2 aliphatic rings. The maximum absolute atomic E-state index is 14.0. The molecule has 0 saturated carbocycles. The van der Waals surface area contributed by atoms with Crippen LogP contribution in [0.3, 0.4) is 0 Å². The normalized spacial score (nSPS) is 18.6. The van der Waals surface area contributed by atoms with Gasteiger partial charge in [0, 0.05) is 49.2 Å². The van der Waals surface area contributed by atoms with Crippen LogP contribution in [0, 0.1) is 17.6 Å². The highest BCUT2D eigenvalue weighted by molar-refractivity contribution is 6.31. The second-order valence-corrected chi connectivity index (χ2v) is 8.42. The second-order valence-electron chi connectivity index (χ2n) is 8.01. The van der Waals surface area contributed by atoms with Crippen molar-refractivity contribution in [3.8, 4) is 0 Å². The minimum atomic E-state index is -0.284. The first-order valence-electron chi connectivity index (χ1n) is 10.5. The third kappa shape index (κ3) is 4.60. The molecule has 2 aliphatic heterocycles. The average molecular weight is 434 g/mol. The van der Waals surface area contributed by atoms with Crippen LogP contribution in [-0.2, 0) is 11.3 Å². The Morgan fingerprint density at radius 2 is 1.57 bits per heavy atom. The number of piperidine rings is 1. The molecule has 2 saturated heterocycles. The molecule has 4 nitrogen and oxygen atoms in total. The Kier molecular flexibility index (Phi) is 6.54. The quantitative estimate of drug-likeness (QED) is 0.723. The van der Waals surface area contributed by atoms with Gasteiger partial charge in [-0.15, -0.1) is 0 Å². The molecule has 0 N–H and O–H groups in total. The van der Waals surface area contributed by atoms with Crippen molar-refractivity contribution in [2.75, 3.05) is 44.2 Å². The molecule has 0 atom stereocenters. The lowest BCUT2D eigenvalue weighted by atomic mass is 9.94. The average Bonchev–Trinajstić information content (AvgIpc) is 2.77. The summed E-state index contributed by atoms with van der Waals surface area (Å²) in [6.07, 6.45) is 1.52. The maximum Gasteiger partial charge on any atom is 0.225 e. The standard InChI is InChI=1S/C23H26ClF2N3O/c24-19-4-3-6-20(25)18(19)16-27-10-8-17(9-11-27)23(30)29-14-12-28(13-15-29)22-7-2-1-5-21(22)26/h1-7,17H,8-16H2. The maximum atomic E-state index is 14.0. The molecule has 4 rings (SSSR count). The zero-order valence-electron chi connectivity index (χ0n) is 16.9. The van der Waals surface area contributed by atoms with Crippen LogP contribution in [0.4, 0.5) is 14.5 Å². The van der Waals surface area contributed by atoms with E-state index in [-0.39, 0.29) is 23.5 Å². The van der Waals surface area contributed by atoms with E-state index in [4.69, 9.17) is 11.6 Å². The van der Waals surface area contributed by atoms with Gasteiger partial charge in [-0.05, 0) is 50.2 Å². The first kappa shape index (κ1) is 21.1. The summed E-state index contributed by atoms with van der Waals surface area (Å²) in [6.45, 7) is 4.45. The molecule has 0 aromatic heterocycles. The van der Waals surface area contributed by atoms with Crippen LogP contribution in [0.2, 0.25) is 5.02 Å². The molecule has 0 radical (unpaired) electrons. The van der Waals surface area contributed by atoms with Gasteiger partial charge in [0.25, 0.3) is 0 Å². The molecule has 0 unspecified atom stereocenters. The van der Waals surface area contributed by atoms with Gasteiger partial charge in [-0.25, -0.2) is 8.78 Å². The summed E-state index contributed by atoms with van der Waals surface area (Å²) in [5.74, 6) is -0.322. The van der Waals surface area contributed by atoms with E-state index in [9.17, 15) is 13.6 Å². The Hall–Kier alpha value is -2.18. The lowest BCUT2D eigenvalue weighted by molar-refractivity contribution is -0.137. The van der Waals surface area contributed by atoms with E-state index in [1.165, 1.54) is 12.1 Å². The number of halogens is 3. The summed E-state index contributed by atoms with van der Waals surface area (Å²) in [4.78, 5) is 19.0. The van der Waals surface area contributed by atoms with Crippen molar-refractivity contribution in [1.29, 1.82) is 0 Å². The smallest absolute Gasteiger partial charge is 0.225 e. The molecule has 7 heteroatoms. The van der Waals surface area contributed by atoms with Gasteiger partial charge >= 0.3 is 0 Å². The lowest BCUT2D eigenvalue weighted by Gasteiger charge is -2.39. The summed E-state index contributed by atoms with van der Waals surface area (Å²) in [5, 5.41) is 0.445. The molecule has 1 amide bonds. The first-order chi connectivity index (χ1) is 14.5. The number of para-hydroxylation sites is 1. The predicted molar refractivity (Wildman–Crippen MR) is 115 cm³/mol. The molecule has 2 fully saturated rings. The molecular formula is C23H26ClF2N3O. The summed E-state index contributed by atoms with van der Waals surface area (Å²) in [7, 11) is 0. The monoisotopic (exact) mass is 433 g/mol. The molecule has 2 aromatic carbocycles. The van der Waals surface area contributed by atoms with Crippen LogP contribution in [0.25, 0.3) is 0 Å². The SMILES string of the molecule is O=C(C1CCN(Cc2c(F)cccc2Cl)CC1)N1CCN(c2ccccc2F)CC1. The van der Waals surface area contributed by atoms with Gasteiger partial charge in [0.2, 0.25) is 5.91 Å². The van der Waals surface area contributed by atoms with Gasteiger partial charge in [0.05, 0.1) is 5.69 Å². The summed E-state index contributed by atoms with van der Waals surface area (Å²) in [6, 6.07) is 11.5. The Labute approximate surface area is 181 Å². The van der Waals surface area contributed by atoms with Crippen molar-refractivity contribution in [2.45, 2.75) is 19.4 Å². The number of likely N-dealkylation sites (tertiary alicyclic amines) is 1.